The van der Waals surface area contributed by atoms with E-state index in [-0.39, 0.29) is 0 Å². The molecule has 120 valence electrons. The Labute approximate surface area is 136 Å². The first kappa shape index (κ1) is 15.6. The zero-order chi connectivity index (χ0) is 16.4. The Morgan fingerprint density at radius 2 is 1.83 bits per heavy atom. The average molecular weight is 310 g/mol. The van der Waals surface area contributed by atoms with E-state index in [9.17, 15) is 5.11 Å². The third-order valence-corrected chi connectivity index (χ3v) is 4.28. The van der Waals surface area contributed by atoms with Crippen LogP contribution < -0.4 is 10.3 Å². The lowest BCUT2D eigenvalue weighted by atomic mass is 10.1. The van der Waals surface area contributed by atoms with Crippen LogP contribution in [0.3, 0.4) is 0 Å². The predicted molar refractivity (Wildman–Crippen MR) is 93.0 cm³/mol. The van der Waals surface area contributed by atoms with Gasteiger partial charge in [-0.25, -0.2) is 9.13 Å². The topological polar surface area (TPSA) is 55.1 Å². The Hall–Kier alpha value is -2.33. The van der Waals surface area contributed by atoms with Gasteiger partial charge in [0.05, 0.1) is 6.54 Å². The molecule has 0 unspecified atom stereocenters. The minimum Gasteiger partial charge on any atom is -0.385 e. The van der Waals surface area contributed by atoms with Crippen molar-refractivity contribution in [2.75, 3.05) is 5.73 Å². The second-order valence-electron chi connectivity index (χ2n) is 6.04. The molecule has 2 aromatic carbocycles. The monoisotopic (exact) mass is 310 g/mol. The molecule has 0 saturated heterocycles. The molecule has 0 fully saturated rings. The van der Waals surface area contributed by atoms with Gasteiger partial charge in [-0.2, -0.15) is 0 Å². The van der Waals surface area contributed by atoms with Crippen LogP contribution in [-0.4, -0.2) is 9.67 Å². The highest BCUT2D eigenvalue weighted by Gasteiger charge is 2.22. The van der Waals surface area contributed by atoms with Gasteiger partial charge in [-0.05, 0) is 31.0 Å². The molecule has 0 aliphatic carbocycles. The van der Waals surface area contributed by atoms with Gasteiger partial charge in [0.15, 0.2) is 0 Å². The molecule has 1 aromatic heterocycles. The number of fused-ring (bicyclic) bond motifs is 1. The number of benzene rings is 2. The van der Waals surface area contributed by atoms with Crippen LogP contribution in [0.5, 0.6) is 0 Å². The minimum atomic E-state index is -0.580. The van der Waals surface area contributed by atoms with Crippen molar-refractivity contribution in [1.29, 1.82) is 0 Å². The first-order valence-corrected chi connectivity index (χ1v) is 8.13. The first-order chi connectivity index (χ1) is 11.1. The molecule has 0 spiro atoms. The van der Waals surface area contributed by atoms with Crippen LogP contribution in [0.15, 0.2) is 48.5 Å². The highest BCUT2D eigenvalue weighted by atomic mass is 16.3. The molecular weight excluding hydrogens is 286 g/mol. The lowest BCUT2D eigenvalue weighted by molar-refractivity contribution is -0.666. The Kier molecular flexibility index (Phi) is 4.35. The number of nitrogen functional groups attached to an aromatic ring is 1. The number of hydrogen-bond acceptors (Lipinski definition) is 2. The normalized spacial score (nSPS) is 12.7. The van der Waals surface area contributed by atoms with Gasteiger partial charge in [0.2, 0.25) is 0 Å². The van der Waals surface area contributed by atoms with E-state index in [1.807, 2.05) is 47.9 Å². The Bertz CT molecular complexity index is 805. The number of imidazole rings is 1. The molecule has 1 heterocycles. The molecule has 0 bridgehead atoms. The van der Waals surface area contributed by atoms with Crippen LogP contribution >= 0.6 is 0 Å². The largest absolute Gasteiger partial charge is 0.385 e. The predicted octanol–water partition coefficient (Wildman–Crippen LogP) is 2.96. The summed E-state index contributed by atoms with van der Waals surface area (Å²) in [6.45, 7) is 5.51. The van der Waals surface area contributed by atoms with Gasteiger partial charge in [-0.3, -0.25) is 5.73 Å². The molecule has 3 N–H and O–H groups in total. The van der Waals surface area contributed by atoms with Crippen LogP contribution in [-0.2, 0) is 13.1 Å². The van der Waals surface area contributed by atoms with Crippen molar-refractivity contribution in [1.82, 2.24) is 4.57 Å². The van der Waals surface area contributed by atoms with Gasteiger partial charge < -0.3 is 5.11 Å². The average Bonchev–Trinajstić information content (AvgIpc) is 2.82. The van der Waals surface area contributed by atoms with Crippen molar-refractivity contribution >= 4 is 17.0 Å². The van der Waals surface area contributed by atoms with E-state index in [1.54, 1.807) is 0 Å². The van der Waals surface area contributed by atoms with E-state index in [2.05, 4.69) is 23.6 Å². The smallest absolute Gasteiger partial charge is 0.356 e. The summed E-state index contributed by atoms with van der Waals surface area (Å²) in [7, 11) is 0. The maximum Gasteiger partial charge on any atom is 0.356 e. The fourth-order valence-corrected chi connectivity index (χ4v) is 3.03. The van der Waals surface area contributed by atoms with Crippen molar-refractivity contribution in [3.63, 3.8) is 0 Å². The highest BCUT2D eigenvalue weighted by Crippen LogP contribution is 2.20. The minimum absolute atomic E-state index is 0.451. The summed E-state index contributed by atoms with van der Waals surface area (Å²) < 4.78 is 4.13. The van der Waals surface area contributed by atoms with Crippen LogP contribution in [0.4, 0.5) is 5.95 Å². The number of rotatable bonds is 5. The van der Waals surface area contributed by atoms with Crippen molar-refractivity contribution in [2.24, 2.45) is 0 Å². The number of aromatic nitrogens is 2. The zero-order valence-corrected chi connectivity index (χ0v) is 13.7. The summed E-state index contributed by atoms with van der Waals surface area (Å²) >= 11 is 0. The maximum absolute atomic E-state index is 10.6. The van der Waals surface area contributed by atoms with Crippen molar-refractivity contribution in [3.05, 3.63) is 59.7 Å². The molecule has 0 amide bonds. The lowest BCUT2D eigenvalue weighted by Crippen LogP contribution is -2.39. The lowest BCUT2D eigenvalue weighted by Gasteiger charge is -2.11. The quantitative estimate of drug-likeness (QED) is 0.712. The van der Waals surface area contributed by atoms with E-state index >= 15 is 0 Å². The third kappa shape index (κ3) is 2.94. The van der Waals surface area contributed by atoms with Gasteiger partial charge in [-0.15, -0.1) is 0 Å². The summed E-state index contributed by atoms with van der Waals surface area (Å²) in [5, 5.41) is 10.6. The SMILES string of the molecule is CCCn1c(N)[n+](C[C@H](O)c2ccc(C)cc2)c2ccccc21. The molecule has 4 nitrogen and oxygen atoms in total. The van der Waals surface area contributed by atoms with Gasteiger partial charge in [-0.1, -0.05) is 48.9 Å². The van der Waals surface area contributed by atoms with Gasteiger partial charge in [0.25, 0.3) is 0 Å². The molecule has 3 rings (SSSR count). The van der Waals surface area contributed by atoms with Gasteiger partial charge in [0, 0.05) is 0 Å². The second-order valence-corrected chi connectivity index (χ2v) is 6.04. The van der Waals surface area contributed by atoms with Gasteiger partial charge in [0.1, 0.15) is 23.7 Å². The number of para-hydroxylation sites is 2. The summed E-state index contributed by atoms with van der Waals surface area (Å²) in [6, 6.07) is 16.2. The van der Waals surface area contributed by atoms with Crippen molar-refractivity contribution in [3.8, 4) is 0 Å². The molecule has 23 heavy (non-hydrogen) atoms. The number of aliphatic hydroxyl groups is 1. The van der Waals surface area contributed by atoms with Crippen LogP contribution in [0.1, 0.15) is 30.6 Å². The van der Waals surface area contributed by atoms with E-state index in [4.69, 9.17) is 5.73 Å². The Morgan fingerprint density at radius 1 is 1.13 bits per heavy atom. The molecule has 0 aliphatic rings. The summed E-state index contributed by atoms with van der Waals surface area (Å²) in [6.07, 6.45) is 0.437. The van der Waals surface area contributed by atoms with Crippen LogP contribution in [0.25, 0.3) is 11.0 Å². The molecule has 4 heteroatoms. The Morgan fingerprint density at radius 3 is 2.52 bits per heavy atom. The maximum atomic E-state index is 10.6. The molecule has 0 radical (unpaired) electrons. The highest BCUT2D eigenvalue weighted by molar-refractivity contribution is 5.73. The standard InChI is InChI=1S/C19H23N3O/c1-3-12-21-16-6-4-5-7-17(16)22(19(21)20)13-18(23)15-10-8-14(2)9-11-15/h4-11,18,20,23H,3,12-13H2,1-2H3/p+1/t18-/m0/s1. The van der Waals surface area contributed by atoms with E-state index in [0.29, 0.717) is 12.5 Å². The van der Waals surface area contributed by atoms with E-state index in [0.717, 1.165) is 29.6 Å². The molecular formula is C19H24N3O+. The van der Waals surface area contributed by atoms with Crippen LogP contribution in [0.2, 0.25) is 0 Å². The molecule has 0 aliphatic heterocycles. The molecule has 3 aromatic rings. The van der Waals surface area contributed by atoms with Crippen molar-refractivity contribution in [2.45, 2.75) is 39.5 Å². The molecule has 0 saturated carbocycles. The summed E-state index contributed by atoms with van der Waals surface area (Å²) in [5.74, 6) is 0.694. The van der Waals surface area contributed by atoms with E-state index in [1.165, 1.54) is 5.56 Å². The summed E-state index contributed by atoms with van der Waals surface area (Å²) in [5.41, 5.74) is 10.6. The number of aryl methyl sites for hydroxylation is 2. The first-order valence-electron chi connectivity index (χ1n) is 8.13. The number of nitrogens with two attached hydrogens (primary N) is 1. The number of aliphatic hydroxyl groups excluding tert-OH is 1. The molecule has 1 atom stereocenters. The van der Waals surface area contributed by atoms with Crippen LogP contribution in [0, 0.1) is 6.92 Å². The summed E-state index contributed by atoms with van der Waals surface area (Å²) in [4.78, 5) is 0. The Balaban J connectivity index is 1.99. The van der Waals surface area contributed by atoms with E-state index < -0.39 is 6.10 Å². The number of hydrogen-bond donors (Lipinski definition) is 2. The van der Waals surface area contributed by atoms with Gasteiger partial charge >= 0.3 is 5.95 Å². The third-order valence-electron chi connectivity index (χ3n) is 4.28. The number of anilines is 1. The number of nitrogens with zero attached hydrogens (tertiary/aromatic N) is 2. The fraction of sp³-hybridized carbons (Fsp3) is 0.316. The van der Waals surface area contributed by atoms with Crippen molar-refractivity contribution < 1.29 is 9.67 Å². The second kappa shape index (κ2) is 6.42. The fourth-order valence-electron chi connectivity index (χ4n) is 3.03. The zero-order valence-electron chi connectivity index (χ0n) is 13.7.